The maximum Gasteiger partial charge on any atom is 0.252 e. The Balaban J connectivity index is 2.85. The van der Waals surface area contributed by atoms with E-state index in [1.165, 1.54) is 0 Å². The number of nitrogens with one attached hydrogen (secondary N) is 1. The lowest BCUT2D eigenvalue weighted by atomic mass is 9.85. The lowest BCUT2D eigenvalue weighted by Crippen LogP contribution is -2.37. The zero-order valence-corrected chi connectivity index (χ0v) is 12.0. The van der Waals surface area contributed by atoms with Crippen molar-refractivity contribution in [2.45, 2.75) is 47.0 Å². The molecule has 0 radical (unpaired) electrons. The maximum atomic E-state index is 11.4. The molecule has 102 valence electrons. The van der Waals surface area contributed by atoms with Gasteiger partial charge in [0.2, 0.25) is 0 Å². The van der Waals surface area contributed by atoms with E-state index in [2.05, 4.69) is 13.8 Å². The van der Waals surface area contributed by atoms with Gasteiger partial charge < -0.3 is 10.6 Å². The molecule has 0 bridgehead atoms. The lowest BCUT2D eigenvalue weighted by Gasteiger charge is -2.26. The van der Waals surface area contributed by atoms with Gasteiger partial charge in [-0.1, -0.05) is 19.4 Å². The molecule has 4 heteroatoms. The van der Waals surface area contributed by atoms with Gasteiger partial charge in [0, 0.05) is 13.1 Å². The molecule has 0 spiro atoms. The molecule has 0 unspecified atom stereocenters. The van der Waals surface area contributed by atoms with Gasteiger partial charge in [-0.3, -0.25) is 10.2 Å². The predicted molar refractivity (Wildman–Crippen MR) is 74.5 cm³/mol. The number of carbonyl (C=O) groups is 1. The highest BCUT2D eigenvalue weighted by Crippen LogP contribution is 2.30. The molecule has 18 heavy (non-hydrogen) atoms. The van der Waals surface area contributed by atoms with Gasteiger partial charge in [0.15, 0.2) is 0 Å². The largest absolute Gasteiger partial charge is 0.365 e. The van der Waals surface area contributed by atoms with Gasteiger partial charge in [-0.15, -0.1) is 0 Å². The van der Waals surface area contributed by atoms with Crippen LogP contribution in [0.3, 0.4) is 0 Å². The second-order valence-electron chi connectivity index (χ2n) is 6.09. The Kier molecular flexibility index (Phi) is 4.54. The minimum atomic E-state index is -0.497. The van der Waals surface area contributed by atoms with Gasteiger partial charge in [0.1, 0.15) is 5.84 Å². The smallest absolute Gasteiger partial charge is 0.252 e. The van der Waals surface area contributed by atoms with Crippen LogP contribution >= 0.6 is 0 Å². The number of nitrogens with zero attached hydrogens (tertiary/aromatic N) is 1. The molecule has 1 heterocycles. The number of amidine groups is 1. The fourth-order valence-corrected chi connectivity index (χ4v) is 2.40. The summed E-state index contributed by atoms with van der Waals surface area (Å²) in [5, 5.41) is 8.20. The zero-order valence-electron chi connectivity index (χ0n) is 12.0. The van der Waals surface area contributed by atoms with Crippen molar-refractivity contribution in [3.8, 4) is 0 Å². The Labute approximate surface area is 110 Å². The second kappa shape index (κ2) is 5.55. The number of rotatable bonds is 2. The summed E-state index contributed by atoms with van der Waals surface area (Å²) >= 11 is 0. The van der Waals surface area contributed by atoms with Crippen molar-refractivity contribution in [1.82, 2.24) is 4.90 Å². The number of nitrogens with two attached hydrogens (primary N) is 1. The normalized spacial score (nSPS) is 19.0. The first-order valence-corrected chi connectivity index (χ1v) is 6.56. The highest BCUT2D eigenvalue weighted by molar-refractivity contribution is 6.19. The quantitative estimate of drug-likeness (QED) is 0.449. The van der Waals surface area contributed by atoms with Crippen LogP contribution in [-0.2, 0) is 4.79 Å². The molecule has 0 atom stereocenters. The molecule has 4 nitrogen and oxygen atoms in total. The summed E-state index contributed by atoms with van der Waals surface area (Å²) in [5.41, 5.74) is 6.89. The monoisotopic (exact) mass is 251 g/mol. The minimum Gasteiger partial charge on any atom is -0.365 e. The number of carbonyl (C=O) groups excluding carboxylic acids is 1. The Bertz CT molecular complexity index is 379. The van der Waals surface area contributed by atoms with E-state index in [0.29, 0.717) is 16.8 Å². The molecule has 0 aromatic carbocycles. The summed E-state index contributed by atoms with van der Waals surface area (Å²) in [6, 6.07) is 0. The molecular weight excluding hydrogens is 226 g/mol. The van der Waals surface area contributed by atoms with Crippen LogP contribution in [-0.4, -0.2) is 29.7 Å². The third-order valence-electron chi connectivity index (χ3n) is 3.64. The third kappa shape index (κ3) is 3.59. The first-order chi connectivity index (χ1) is 8.24. The van der Waals surface area contributed by atoms with Crippen molar-refractivity contribution in [1.29, 1.82) is 5.41 Å². The number of hydrogen-bond acceptors (Lipinski definition) is 2. The summed E-state index contributed by atoms with van der Waals surface area (Å²) in [6.45, 7) is 9.85. The van der Waals surface area contributed by atoms with Crippen LogP contribution in [0.2, 0.25) is 0 Å². The van der Waals surface area contributed by atoms with Crippen molar-refractivity contribution in [2.75, 3.05) is 13.1 Å². The van der Waals surface area contributed by atoms with Gasteiger partial charge in [-0.25, -0.2) is 0 Å². The van der Waals surface area contributed by atoms with Gasteiger partial charge in [-0.2, -0.15) is 0 Å². The summed E-state index contributed by atoms with van der Waals surface area (Å²) in [6.07, 6.45) is 3.27. The molecule has 0 aromatic rings. The van der Waals surface area contributed by atoms with E-state index in [1.54, 1.807) is 0 Å². The first kappa shape index (κ1) is 14.7. The van der Waals surface area contributed by atoms with Gasteiger partial charge >= 0.3 is 0 Å². The SMILES string of the molecule is CC(C)=C(C(=N)N1CCCC(C)(C)CC1)C(N)=O. The molecule has 1 aliphatic rings. The number of likely N-dealkylation sites (tertiary alicyclic amines) is 1. The number of amides is 1. The van der Waals surface area contributed by atoms with Crippen molar-refractivity contribution >= 4 is 11.7 Å². The minimum absolute atomic E-state index is 0.292. The highest BCUT2D eigenvalue weighted by atomic mass is 16.1. The molecule has 1 aliphatic heterocycles. The highest BCUT2D eigenvalue weighted by Gasteiger charge is 2.26. The maximum absolute atomic E-state index is 11.4. The zero-order chi connectivity index (χ0) is 13.9. The van der Waals surface area contributed by atoms with E-state index in [1.807, 2.05) is 18.7 Å². The summed E-state index contributed by atoms with van der Waals surface area (Å²) in [7, 11) is 0. The average Bonchev–Trinajstić information content (AvgIpc) is 2.38. The van der Waals surface area contributed by atoms with E-state index in [4.69, 9.17) is 11.1 Å². The van der Waals surface area contributed by atoms with Gasteiger partial charge in [0.05, 0.1) is 5.57 Å². The molecule has 0 aliphatic carbocycles. The van der Waals surface area contributed by atoms with Crippen molar-refractivity contribution in [3.05, 3.63) is 11.1 Å². The average molecular weight is 251 g/mol. The number of primary amides is 1. The molecule has 0 saturated carbocycles. The molecule has 3 N–H and O–H groups in total. The van der Waals surface area contributed by atoms with Crippen molar-refractivity contribution in [3.63, 3.8) is 0 Å². The molecule has 1 fully saturated rings. The molecule has 1 rings (SSSR count). The van der Waals surface area contributed by atoms with Gasteiger partial charge in [-0.05, 0) is 38.5 Å². The van der Waals surface area contributed by atoms with Crippen LogP contribution in [0.1, 0.15) is 47.0 Å². The Morgan fingerprint density at radius 3 is 2.33 bits per heavy atom. The van der Waals surface area contributed by atoms with Crippen LogP contribution in [0.15, 0.2) is 11.1 Å². The lowest BCUT2D eigenvalue weighted by molar-refractivity contribution is -0.114. The van der Waals surface area contributed by atoms with Crippen molar-refractivity contribution in [2.24, 2.45) is 11.1 Å². The first-order valence-electron chi connectivity index (χ1n) is 6.56. The third-order valence-corrected chi connectivity index (χ3v) is 3.64. The standard InChI is InChI=1S/C14H25N3O/c1-10(2)11(13(16)18)12(15)17-8-5-6-14(3,4)7-9-17/h15H,5-9H2,1-4H3,(H2,16,18). The van der Waals surface area contributed by atoms with Crippen LogP contribution in [0.5, 0.6) is 0 Å². The summed E-state index contributed by atoms with van der Waals surface area (Å²) in [4.78, 5) is 13.4. The Hall–Kier alpha value is -1.32. The van der Waals surface area contributed by atoms with Gasteiger partial charge in [0.25, 0.3) is 5.91 Å². The van der Waals surface area contributed by atoms with E-state index >= 15 is 0 Å². The molecular formula is C14H25N3O. The van der Waals surface area contributed by atoms with E-state index < -0.39 is 5.91 Å². The molecule has 1 saturated heterocycles. The van der Waals surface area contributed by atoms with Crippen molar-refractivity contribution < 1.29 is 4.79 Å². The number of hydrogen-bond donors (Lipinski definition) is 2. The van der Waals surface area contributed by atoms with E-state index in [-0.39, 0.29) is 0 Å². The molecule has 1 amide bonds. The van der Waals surface area contributed by atoms with Crippen LogP contribution in [0.4, 0.5) is 0 Å². The summed E-state index contributed by atoms with van der Waals surface area (Å²) in [5.74, 6) is -0.205. The molecule has 0 aromatic heterocycles. The fraction of sp³-hybridized carbons (Fsp3) is 0.714. The topological polar surface area (TPSA) is 70.2 Å². The number of allylic oxidation sites excluding steroid dienone is 1. The predicted octanol–water partition coefficient (Wildman–Crippen LogP) is 2.30. The Morgan fingerprint density at radius 2 is 1.83 bits per heavy atom. The van der Waals surface area contributed by atoms with Crippen LogP contribution in [0.25, 0.3) is 0 Å². The van der Waals surface area contributed by atoms with E-state index in [0.717, 1.165) is 37.9 Å². The summed E-state index contributed by atoms with van der Waals surface area (Å²) < 4.78 is 0. The van der Waals surface area contributed by atoms with E-state index in [9.17, 15) is 4.79 Å². The second-order valence-corrected chi connectivity index (χ2v) is 6.09. The van der Waals surface area contributed by atoms with Crippen LogP contribution in [0, 0.1) is 10.8 Å². The van der Waals surface area contributed by atoms with Crippen LogP contribution < -0.4 is 5.73 Å². The Morgan fingerprint density at radius 1 is 1.22 bits per heavy atom. The fourth-order valence-electron chi connectivity index (χ4n) is 2.40.